The van der Waals surface area contributed by atoms with Gasteiger partial charge in [-0.05, 0) is 68.1 Å². The molecule has 0 atom stereocenters. The Bertz CT molecular complexity index is 656. The first-order valence-electron chi connectivity index (χ1n) is 11.0. The number of hydrogen-bond acceptors (Lipinski definition) is 4. The molecule has 0 spiro atoms. The second kappa shape index (κ2) is 9.13. The van der Waals surface area contributed by atoms with E-state index in [9.17, 15) is 5.11 Å². The summed E-state index contributed by atoms with van der Waals surface area (Å²) in [5.41, 5.74) is -0.467. The minimum Gasteiger partial charge on any atom is -0.491 e. The van der Waals surface area contributed by atoms with Gasteiger partial charge in [-0.2, -0.15) is 0 Å². The highest BCUT2D eigenvalue weighted by atomic mass is 35.5. The van der Waals surface area contributed by atoms with Gasteiger partial charge in [0, 0.05) is 31.8 Å². The van der Waals surface area contributed by atoms with Crippen LogP contribution < -0.4 is 4.74 Å². The van der Waals surface area contributed by atoms with Crippen molar-refractivity contribution in [3.63, 3.8) is 0 Å². The average Bonchev–Trinajstić information content (AvgIpc) is 2.67. The van der Waals surface area contributed by atoms with Crippen molar-refractivity contribution in [3.05, 3.63) is 29.3 Å². The molecule has 0 radical (unpaired) electrons. The summed E-state index contributed by atoms with van der Waals surface area (Å²) in [5, 5.41) is 11.8. The van der Waals surface area contributed by atoms with E-state index in [1.54, 1.807) is 7.11 Å². The first-order valence-corrected chi connectivity index (χ1v) is 11.4. The van der Waals surface area contributed by atoms with Crippen molar-refractivity contribution in [1.82, 2.24) is 4.90 Å². The van der Waals surface area contributed by atoms with Crippen molar-refractivity contribution in [3.8, 4) is 5.75 Å². The van der Waals surface area contributed by atoms with Gasteiger partial charge >= 0.3 is 0 Å². The van der Waals surface area contributed by atoms with Crippen LogP contribution in [0.25, 0.3) is 0 Å². The van der Waals surface area contributed by atoms with E-state index in [1.807, 2.05) is 24.3 Å². The molecule has 0 aromatic heterocycles. The molecule has 1 aliphatic heterocycles. The number of likely N-dealkylation sites (tertiary alicyclic amines) is 1. The van der Waals surface area contributed by atoms with E-state index >= 15 is 0 Å². The van der Waals surface area contributed by atoms with E-state index < -0.39 is 5.60 Å². The van der Waals surface area contributed by atoms with Crippen LogP contribution in [0.4, 0.5) is 0 Å². The lowest BCUT2D eigenvalue weighted by Gasteiger charge is -2.46. The number of aliphatic hydroxyl groups is 1. The molecule has 2 aliphatic rings. The molecule has 1 aliphatic carbocycles. The van der Waals surface area contributed by atoms with Gasteiger partial charge in [-0.3, -0.25) is 0 Å². The smallest absolute Gasteiger partial charge is 0.120 e. The SMILES string of the molecule is COC1(COc2cccc(Cl)c2)CCN(CC2(O)CCC(C(C)(C)C)CC2)CC1. The Hall–Kier alpha value is -0.810. The van der Waals surface area contributed by atoms with E-state index in [2.05, 4.69) is 25.7 Å². The van der Waals surface area contributed by atoms with E-state index in [-0.39, 0.29) is 5.60 Å². The van der Waals surface area contributed by atoms with Crippen LogP contribution in [0.1, 0.15) is 59.3 Å². The minimum atomic E-state index is -0.536. The van der Waals surface area contributed by atoms with E-state index in [0.29, 0.717) is 23.0 Å². The maximum atomic E-state index is 11.2. The fourth-order valence-electron chi connectivity index (χ4n) is 4.89. The van der Waals surface area contributed by atoms with Crippen molar-refractivity contribution in [2.45, 2.75) is 70.5 Å². The summed E-state index contributed by atoms with van der Waals surface area (Å²) in [4.78, 5) is 2.41. The van der Waals surface area contributed by atoms with Crippen molar-refractivity contribution in [2.75, 3.05) is 33.4 Å². The molecule has 1 N–H and O–H groups in total. The quantitative estimate of drug-likeness (QED) is 0.685. The third-order valence-electron chi connectivity index (χ3n) is 7.16. The fourth-order valence-corrected chi connectivity index (χ4v) is 5.07. The van der Waals surface area contributed by atoms with Crippen LogP contribution in [0.3, 0.4) is 0 Å². The van der Waals surface area contributed by atoms with E-state index in [4.69, 9.17) is 21.1 Å². The van der Waals surface area contributed by atoms with Gasteiger partial charge in [0.15, 0.2) is 0 Å². The summed E-state index contributed by atoms with van der Waals surface area (Å²) in [6.07, 6.45) is 5.90. The van der Waals surface area contributed by atoms with Gasteiger partial charge in [0.25, 0.3) is 0 Å². The van der Waals surface area contributed by atoms with E-state index in [0.717, 1.165) is 63.9 Å². The zero-order valence-electron chi connectivity index (χ0n) is 18.5. The molecule has 4 nitrogen and oxygen atoms in total. The van der Waals surface area contributed by atoms with Gasteiger partial charge < -0.3 is 19.5 Å². The summed E-state index contributed by atoms with van der Waals surface area (Å²) in [5.74, 6) is 1.50. The molecule has 0 unspecified atom stereocenters. The molecule has 164 valence electrons. The maximum Gasteiger partial charge on any atom is 0.120 e. The molecule has 1 saturated heterocycles. The number of β-amino-alcohol motifs (C(OH)–C–C–N with tert-alkyl or cyclic N) is 1. The number of ether oxygens (including phenoxy) is 2. The summed E-state index contributed by atoms with van der Waals surface area (Å²) in [7, 11) is 1.78. The molecule has 1 aromatic carbocycles. The van der Waals surface area contributed by atoms with Crippen molar-refractivity contribution in [1.29, 1.82) is 0 Å². The zero-order valence-corrected chi connectivity index (χ0v) is 19.3. The lowest BCUT2D eigenvalue weighted by molar-refractivity contribution is -0.101. The predicted molar refractivity (Wildman–Crippen MR) is 119 cm³/mol. The monoisotopic (exact) mass is 423 g/mol. The number of halogens is 1. The van der Waals surface area contributed by atoms with Gasteiger partial charge in [-0.15, -0.1) is 0 Å². The highest BCUT2D eigenvalue weighted by Gasteiger charge is 2.41. The van der Waals surface area contributed by atoms with Crippen molar-refractivity contribution >= 4 is 11.6 Å². The van der Waals surface area contributed by atoms with Crippen LogP contribution >= 0.6 is 11.6 Å². The van der Waals surface area contributed by atoms with Gasteiger partial charge in [0.05, 0.1) is 5.60 Å². The molecule has 29 heavy (non-hydrogen) atoms. The lowest BCUT2D eigenvalue weighted by Crippen LogP contribution is -2.53. The Kier molecular flexibility index (Phi) is 7.20. The Labute approximate surface area is 181 Å². The van der Waals surface area contributed by atoms with Crippen LogP contribution in [0, 0.1) is 11.3 Å². The third-order valence-corrected chi connectivity index (χ3v) is 7.39. The minimum absolute atomic E-state index is 0.272. The fraction of sp³-hybridized carbons (Fsp3) is 0.750. The topological polar surface area (TPSA) is 41.9 Å². The summed E-state index contributed by atoms with van der Waals surface area (Å²) in [6, 6.07) is 7.50. The average molecular weight is 424 g/mol. The number of nitrogens with zero attached hydrogens (tertiary/aromatic N) is 1. The Morgan fingerprint density at radius 2 is 1.79 bits per heavy atom. The van der Waals surface area contributed by atoms with Crippen molar-refractivity contribution < 1.29 is 14.6 Å². The normalized spacial score (nSPS) is 28.3. The molecular weight excluding hydrogens is 386 g/mol. The molecule has 1 saturated carbocycles. The predicted octanol–water partition coefficient (Wildman–Crippen LogP) is 5.17. The Morgan fingerprint density at radius 1 is 1.14 bits per heavy atom. The Morgan fingerprint density at radius 3 is 2.34 bits per heavy atom. The number of hydrogen-bond donors (Lipinski definition) is 1. The van der Waals surface area contributed by atoms with Crippen molar-refractivity contribution in [2.24, 2.45) is 11.3 Å². The number of piperidine rings is 1. The third kappa shape index (κ3) is 6.10. The second-order valence-electron chi connectivity index (χ2n) is 10.3. The van der Waals surface area contributed by atoms with Crippen LogP contribution in [0.2, 0.25) is 5.02 Å². The van der Waals surface area contributed by atoms with Crippen LogP contribution in [-0.4, -0.2) is 54.6 Å². The first kappa shape index (κ1) is 22.9. The summed E-state index contributed by atoms with van der Waals surface area (Å²) < 4.78 is 11.9. The van der Waals surface area contributed by atoms with Crippen LogP contribution in [-0.2, 0) is 4.74 Å². The molecule has 1 heterocycles. The molecule has 0 amide bonds. The molecule has 1 aromatic rings. The molecular formula is C24H38ClNO3. The summed E-state index contributed by atoms with van der Waals surface area (Å²) in [6.45, 7) is 10.1. The molecule has 3 rings (SSSR count). The van der Waals surface area contributed by atoms with Gasteiger partial charge in [0.2, 0.25) is 0 Å². The lowest BCUT2D eigenvalue weighted by atomic mass is 9.68. The largest absolute Gasteiger partial charge is 0.491 e. The zero-order chi connectivity index (χ0) is 21.1. The number of methoxy groups -OCH3 is 1. The molecule has 5 heteroatoms. The highest BCUT2D eigenvalue weighted by molar-refractivity contribution is 6.30. The Balaban J connectivity index is 1.48. The maximum absolute atomic E-state index is 11.2. The molecule has 2 fully saturated rings. The highest BCUT2D eigenvalue weighted by Crippen LogP contribution is 2.42. The van der Waals surface area contributed by atoms with Crippen LogP contribution in [0.5, 0.6) is 5.75 Å². The number of rotatable bonds is 6. The summed E-state index contributed by atoms with van der Waals surface area (Å²) >= 11 is 6.05. The first-order chi connectivity index (χ1) is 13.6. The van der Waals surface area contributed by atoms with Gasteiger partial charge in [-0.1, -0.05) is 38.4 Å². The van der Waals surface area contributed by atoms with Gasteiger partial charge in [-0.25, -0.2) is 0 Å². The van der Waals surface area contributed by atoms with Crippen LogP contribution in [0.15, 0.2) is 24.3 Å². The van der Waals surface area contributed by atoms with E-state index in [1.165, 1.54) is 0 Å². The number of benzene rings is 1. The standard InChI is InChI=1S/C24H38ClNO3/c1-22(2,3)19-8-10-23(27,11-9-19)17-26-14-12-24(28-4,13-15-26)18-29-21-7-5-6-20(25)16-21/h5-7,16,19,27H,8-15,17-18H2,1-4H3. The second-order valence-corrected chi connectivity index (χ2v) is 10.7. The van der Waals surface area contributed by atoms with Gasteiger partial charge in [0.1, 0.15) is 18.0 Å². The molecule has 0 bridgehead atoms.